The second-order valence-corrected chi connectivity index (χ2v) is 3.99. The number of nitrogens with two attached hydrogens (primary N) is 3. The van der Waals surface area contributed by atoms with Crippen LogP contribution in [-0.2, 0) is 23.9 Å². The number of carbonyl (C=O) groups excluding carboxylic acids is 3. The predicted octanol–water partition coefficient (Wildman–Crippen LogP) is -3.02. The van der Waals surface area contributed by atoms with Gasteiger partial charge in [-0.25, -0.2) is 9.59 Å². The molecule has 0 bridgehead atoms. The summed E-state index contributed by atoms with van der Waals surface area (Å²) in [6.45, 7) is 2.06. The van der Waals surface area contributed by atoms with E-state index >= 15 is 0 Å². The number of hydrogen-bond donors (Lipinski definition) is 4. The number of hydrogen-bond acceptors (Lipinski definition) is 9. The van der Waals surface area contributed by atoms with Crippen molar-refractivity contribution in [3.63, 3.8) is 0 Å². The first kappa shape index (κ1) is 17.4. The summed E-state index contributed by atoms with van der Waals surface area (Å²) in [5, 5.41) is 8.64. The van der Waals surface area contributed by atoms with Crippen molar-refractivity contribution in [1.82, 2.24) is 0 Å². The van der Waals surface area contributed by atoms with E-state index in [1.54, 1.807) is 0 Å². The van der Waals surface area contributed by atoms with E-state index in [0.717, 1.165) is 0 Å². The van der Waals surface area contributed by atoms with Crippen LogP contribution >= 0.6 is 0 Å². The summed E-state index contributed by atoms with van der Waals surface area (Å²) in [6.07, 6.45) is -1.07. The third kappa shape index (κ3) is 5.75. The van der Waals surface area contributed by atoms with E-state index in [9.17, 15) is 14.4 Å². The third-order valence-corrected chi connectivity index (χ3v) is 2.15. The lowest BCUT2D eigenvalue weighted by Gasteiger charge is -2.20. The molecule has 19 heavy (non-hydrogen) atoms. The molecule has 0 aromatic carbocycles. The van der Waals surface area contributed by atoms with E-state index in [1.807, 2.05) is 0 Å². The molecule has 0 amide bonds. The van der Waals surface area contributed by atoms with Gasteiger partial charge in [0.2, 0.25) is 0 Å². The van der Waals surface area contributed by atoms with Crippen molar-refractivity contribution in [3.8, 4) is 0 Å². The molecule has 7 N–H and O–H groups in total. The van der Waals surface area contributed by atoms with Gasteiger partial charge in [-0.05, 0) is 13.8 Å². The highest BCUT2D eigenvalue weighted by atomic mass is 16.6. The minimum absolute atomic E-state index is 0.603. The largest absolute Gasteiger partial charge is 0.459 e. The van der Waals surface area contributed by atoms with Crippen molar-refractivity contribution >= 4 is 17.9 Å². The first-order chi connectivity index (χ1) is 8.70. The van der Waals surface area contributed by atoms with E-state index in [2.05, 4.69) is 4.74 Å². The molecule has 9 nitrogen and oxygen atoms in total. The summed E-state index contributed by atoms with van der Waals surface area (Å²) < 4.78 is 9.10. The van der Waals surface area contributed by atoms with Crippen LogP contribution in [0.4, 0.5) is 0 Å². The molecule has 0 aromatic rings. The molecule has 0 saturated carbocycles. The fourth-order valence-corrected chi connectivity index (χ4v) is 0.870. The smallest absolute Gasteiger partial charge is 0.334 e. The second kappa shape index (κ2) is 7.79. The van der Waals surface area contributed by atoms with Crippen molar-refractivity contribution in [2.75, 3.05) is 6.61 Å². The zero-order valence-electron chi connectivity index (χ0n) is 10.7. The average Bonchev–Trinajstić information content (AvgIpc) is 2.35. The molecule has 0 saturated heterocycles. The Morgan fingerprint density at radius 3 is 2.00 bits per heavy atom. The minimum Gasteiger partial charge on any atom is -0.459 e. The molecule has 4 atom stereocenters. The summed E-state index contributed by atoms with van der Waals surface area (Å²) in [6, 6.07) is -3.56. The highest BCUT2D eigenvalue weighted by molar-refractivity contribution is 5.91. The topological polar surface area (TPSA) is 168 Å². The van der Waals surface area contributed by atoms with Crippen molar-refractivity contribution in [1.29, 1.82) is 0 Å². The zero-order chi connectivity index (χ0) is 15.2. The lowest BCUT2D eigenvalue weighted by atomic mass is 10.2. The van der Waals surface area contributed by atoms with Crippen LogP contribution in [0.2, 0.25) is 0 Å². The Kier molecular flexibility index (Phi) is 7.16. The summed E-state index contributed by atoms with van der Waals surface area (Å²) in [7, 11) is 0. The molecular weight excluding hydrogens is 258 g/mol. The molecule has 0 spiro atoms. The van der Waals surface area contributed by atoms with E-state index < -0.39 is 48.7 Å². The lowest BCUT2D eigenvalue weighted by molar-refractivity contribution is -0.165. The van der Waals surface area contributed by atoms with Gasteiger partial charge in [0.05, 0.1) is 6.61 Å². The lowest BCUT2D eigenvalue weighted by Crippen LogP contribution is -2.48. The molecule has 110 valence electrons. The number of aliphatic hydroxyl groups excluding tert-OH is 1. The average molecular weight is 277 g/mol. The Bertz CT molecular complexity index is 346. The maximum absolute atomic E-state index is 11.4. The SMILES string of the molecule is C[C@@H](N)C(=O)OC(=O)[C@@H](N)[C@@H](C)OC(=O)[C@@H](N)CO. The van der Waals surface area contributed by atoms with Crippen molar-refractivity contribution in [2.45, 2.75) is 38.1 Å². The normalized spacial score (nSPS) is 16.9. The van der Waals surface area contributed by atoms with Crippen LogP contribution in [0.5, 0.6) is 0 Å². The molecule has 0 aromatic heterocycles. The standard InChI is InChI=1S/C10H19N3O6/c1-4(11)8(15)19-10(17)7(13)5(2)18-9(16)6(12)3-14/h4-7,14H,3,11-13H2,1-2H3/t4-,5-,6+,7+/m1/s1. The molecule has 0 radical (unpaired) electrons. The third-order valence-electron chi connectivity index (χ3n) is 2.15. The van der Waals surface area contributed by atoms with Gasteiger partial charge in [-0.2, -0.15) is 0 Å². The maximum Gasteiger partial charge on any atom is 0.334 e. The van der Waals surface area contributed by atoms with Gasteiger partial charge in [0.15, 0.2) is 0 Å². The van der Waals surface area contributed by atoms with Gasteiger partial charge < -0.3 is 31.8 Å². The predicted molar refractivity (Wildman–Crippen MR) is 63.3 cm³/mol. The molecule has 9 heteroatoms. The summed E-state index contributed by atoms with van der Waals surface area (Å²) >= 11 is 0. The summed E-state index contributed by atoms with van der Waals surface area (Å²) in [4.78, 5) is 33.7. The molecule has 0 heterocycles. The summed E-state index contributed by atoms with van der Waals surface area (Å²) in [5.74, 6) is -2.93. The molecular formula is C10H19N3O6. The van der Waals surface area contributed by atoms with Crippen LogP contribution in [-0.4, -0.2) is 53.9 Å². The second-order valence-electron chi connectivity index (χ2n) is 3.99. The highest BCUT2D eigenvalue weighted by Gasteiger charge is 2.29. The Balaban J connectivity index is 4.40. The molecule has 0 rings (SSSR count). The van der Waals surface area contributed by atoms with Crippen LogP contribution in [0.25, 0.3) is 0 Å². The monoisotopic (exact) mass is 277 g/mol. The Labute approximate surface area is 110 Å². The van der Waals surface area contributed by atoms with Crippen molar-refractivity contribution < 1.29 is 29.0 Å². The molecule has 0 aliphatic carbocycles. The molecule has 0 fully saturated rings. The van der Waals surface area contributed by atoms with Gasteiger partial charge in [0, 0.05) is 0 Å². The fourth-order valence-electron chi connectivity index (χ4n) is 0.870. The first-order valence-electron chi connectivity index (χ1n) is 5.54. The number of aliphatic hydroxyl groups is 1. The Morgan fingerprint density at radius 2 is 1.58 bits per heavy atom. The minimum atomic E-state index is -1.36. The number of esters is 3. The van der Waals surface area contributed by atoms with E-state index in [0.29, 0.717) is 0 Å². The van der Waals surface area contributed by atoms with Crippen LogP contribution in [0, 0.1) is 0 Å². The van der Waals surface area contributed by atoms with E-state index in [4.69, 9.17) is 27.0 Å². The Morgan fingerprint density at radius 1 is 1.05 bits per heavy atom. The van der Waals surface area contributed by atoms with Gasteiger partial charge in [-0.15, -0.1) is 0 Å². The highest BCUT2D eigenvalue weighted by Crippen LogP contribution is 2.02. The molecule has 0 aliphatic heterocycles. The van der Waals surface area contributed by atoms with Crippen molar-refractivity contribution in [2.24, 2.45) is 17.2 Å². The zero-order valence-corrected chi connectivity index (χ0v) is 10.7. The van der Waals surface area contributed by atoms with E-state index in [-0.39, 0.29) is 0 Å². The van der Waals surface area contributed by atoms with Crippen LogP contribution < -0.4 is 17.2 Å². The molecule has 0 unspecified atom stereocenters. The number of carbonyl (C=O) groups is 3. The number of ether oxygens (including phenoxy) is 2. The van der Waals surface area contributed by atoms with Gasteiger partial charge in [-0.1, -0.05) is 0 Å². The van der Waals surface area contributed by atoms with Crippen LogP contribution in [0.3, 0.4) is 0 Å². The van der Waals surface area contributed by atoms with Gasteiger partial charge >= 0.3 is 17.9 Å². The first-order valence-corrected chi connectivity index (χ1v) is 5.54. The van der Waals surface area contributed by atoms with Crippen LogP contribution in [0.1, 0.15) is 13.8 Å². The van der Waals surface area contributed by atoms with Gasteiger partial charge in [0.25, 0.3) is 0 Å². The fraction of sp³-hybridized carbons (Fsp3) is 0.700. The molecule has 0 aliphatic rings. The Hall–Kier alpha value is -1.55. The number of rotatable bonds is 6. The quantitative estimate of drug-likeness (QED) is 0.291. The summed E-state index contributed by atoms with van der Waals surface area (Å²) in [5.41, 5.74) is 15.9. The van der Waals surface area contributed by atoms with Gasteiger partial charge in [-0.3, -0.25) is 4.79 Å². The van der Waals surface area contributed by atoms with Crippen LogP contribution in [0.15, 0.2) is 0 Å². The van der Waals surface area contributed by atoms with Gasteiger partial charge in [0.1, 0.15) is 24.2 Å². The van der Waals surface area contributed by atoms with Crippen molar-refractivity contribution in [3.05, 3.63) is 0 Å². The maximum atomic E-state index is 11.4. The van der Waals surface area contributed by atoms with E-state index in [1.165, 1.54) is 13.8 Å².